The maximum Gasteiger partial charge on any atom is 0.233 e. The molecule has 5 heteroatoms. The first-order chi connectivity index (χ1) is 14.3. The highest BCUT2D eigenvalue weighted by molar-refractivity contribution is 5.53. The van der Waals surface area contributed by atoms with Crippen molar-refractivity contribution in [3.05, 3.63) is 36.0 Å². The zero-order valence-corrected chi connectivity index (χ0v) is 18.2. The monoisotopic (exact) mass is 399 g/mol. The Labute approximate surface area is 176 Å². The van der Waals surface area contributed by atoms with Crippen LogP contribution in [0.15, 0.2) is 30.5 Å². The Kier molecular flexibility index (Phi) is 12.0. The molecule has 0 aliphatic heterocycles. The molecular formula is C24H37N3O2. The standard InChI is InChI=1S/C24H37N3O2/c1-3-5-7-8-9-12-21-13-14-22(25-20-21)23-15-16-24(27-26-23)29-19-11-10-18-28-17-6-4-2/h13-16,20H,3-12,17-19H2,1-2H3. The summed E-state index contributed by atoms with van der Waals surface area (Å²) in [5.41, 5.74) is 2.91. The van der Waals surface area contributed by atoms with Crippen molar-refractivity contribution in [2.45, 2.75) is 78.1 Å². The van der Waals surface area contributed by atoms with E-state index in [-0.39, 0.29) is 0 Å². The van der Waals surface area contributed by atoms with Crippen molar-refractivity contribution in [3.8, 4) is 17.3 Å². The summed E-state index contributed by atoms with van der Waals surface area (Å²) < 4.78 is 11.2. The molecule has 29 heavy (non-hydrogen) atoms. The van der Waals surface area contributed by atoms with E-state index in [4.69, 9.17) is 9.47 Å². The molecule has 0 saturated carbocycles. The average molecular weight is 400 g/mol. The number of ether oxygens (including phenoxy) is 2. The Bertz CT molecular complexity index is 644. The van der Waals surface area contributed by atoms with Gasteiger partial charge < -0.3 is 9.47 Å². The average Bonchev–Trinajstić information content (AvgIpc) is 2.76. The van der Waals surface area contributed by atoms with E-state index in [1.54, 1.807) is 0 Å². The second-order valence-corrected chi connectivity index (χ2v) is 7.49. The third-order valence-corrected chi connectivity index (χ3v) is 4.87. The van der Waals surface area contributed by atoms with E-state index in [1.165, 1.54) is 44.1 Å². The highest BCUT2D eigenvalue weighted by atomic mass is 16.5. The van der Waals surface area contributed by atoms with Gasteiger partial charge in [0.1, 0.15) is 5.69 Å². The van der Waals surface area contributed by atoms with E-state index in [0.29, 0.717) is 12.5 Å². The van der Waals surface area contributed by atoms with Crippen LogP contribution < -0.4 is 4.74 Å². The highest BCUT2D eigenvalue weighted by Crippen LogP contribution is 2.17. The second kappa shape index (κ2) is 14.9. The molecule has 0 aliphatic carbocycles. The van der Waals surface area contributed by atoms with Crippen molar-refractivity contribution in [2.24, 2.45) is 0 Å². The van der Waals surface area contributed by atoms with Gasteiger partial charge in [-0.25, -0.2) is 0 Å². The zero-order chi connectivity index (χ0) is 20.6. The fourth-order valence-electron chi connectivity index (χ4n) is 3.02. The molecule has 0 amide bonds. The molecule has 2 aromatic heterocycles. The predicted octanol–water partition coefficient (Wildman–Crippen LogP) is 6.03. The first kappa shape index (κ1) is 23.3. The molecule has 0 radical (unpaired) electrons. The van der Waals surface area contributed by atoms with Crippen LogP contribution in [0, 0.1) is 0 Å². The Hall–Kier alpha value is -2.01. The molecule has 0 unspecified atom stereocenters. The molecular weight excluding hydrogens is 362 g/mol. The topological polar surface area (TPSA) is 57.1 Å². The lowest BCUT2D eigenvalue weighted by atomic mass is 10.1. The number of aromatic nitrogens is 3. The van der Waals surface area contributed by atoms with Gasteiger partial charge in [0.25, 0.3) is 0 Å². The Morgan fingerprint density at radius 3 is 2.17 bits per heavy atom. The Morgan fingerprint density at radius 1 is 0.690 bits per heavy atom. The molecule has 0 atom stereocenters. The largest absolute Gasteiger partial charge is 0.477 e. The molecule has 0 N–H and O–H groups in total. The summed E-state index contributed by atoms with van der Waals surface area (Å²) in [6.45, 7) is 6.71. The van der Waals surface area contributed by atoms with Gasteiger partial charge in [0.15, 0.2) is 0 Å². The van der Waals surface area contributed by atoms with Crippen LogP contribution in [0.4, 0.5) is 0 Å². The van der Waals surface area contributed by atoms with Gasteiger partial charge in [-0.1, -0.05) is 52.0 Å². The number of hydrogen-bond acceptors (Lipinski definition) is 5. The van der Waals surface area contributed by atoms with Gasteiger partial charge in [-0.05, 0) is 49.8 Å². The van der Waals surface area contributed by atoms with E-state index in [1.807, 2.05) is 24.4 Å². The third-order valence-electron chi connectivity index (χ3n) is 4.87. The Balaban J connectivity index is 1.67. The predicted molar refractivity (Wildman–Crippen MR) is 118 cm³/mol. The smallest absolute Gasteiger partial charge is 0.233 e. The lowest BCUT2D eigenvalue weighted by molar-refractivity contribution is 0.123. The quantitative estimate of drug-likeness (QED) is 0.323. The van der Waals surface area contributed by atoms with Gasteiger partial charge in [-0.15, -0.1) is 10.2 Å². The zero-order valence-electron chi connectivity index (χ0n) is 18.2. The summed E-state index contributed by atoms with van der Waals surface area (Å²) in [4.78, 5) is 4.55. The summed E-state index contributed by atoms with van der Waals surface area (Å²) in [5, 5.41) is 8.43. The summed E-state index contributed by atoms with van der Waals surface area (Å²) in [6, 6.07) is 7.97. The van der Waals surface area contributed by atoms with Gasteiger partial charge in [0.05, 0.1) is 12.3 Å². The van der Waals surface area contributed by atoms with E-state index in [2.05, 4.69) is 35.1 Å². The maximum atomic E-state index is 5.67. The van der Waals surface area contributed by atoms with Gasteiger partial charge in [0, 0.05) is 25.5 Å². The third kappa shape index (κ3) is 9.84. The van der Waals surface area contributed by atoms with Gasteiger partial charge >= 0.3 is 0 Å². The SMILES string of the molecule is CCCCCCCc1ccc(-c2ccc(OCCCCOCCCC)nn2)nc1. The molecule has 160 valence electrons. The summed E-state index contributed by atoms with van der Waals surface area (Å²) >= 11 is 0. The second-order valence-electron chi connectivity index (χ2n) is 7.49. The molecule has 0 aliphatic rings. The lowest BCUT2D eigenvalue weighted by Gasteiger charge is -2.06. The van der Waals surface area contributed by atoms with Crippen LogP contribution in [0.3, 0.4) is 0 Å². The molecule has 0 spiro atoms. The van der Waals surface area contributed by atoms with Crippen LogP contribution in [0.1, 0.15) is 77.2 Å². The molecule has 2 rings (SSSR count). The van der Waals surface area contributed by atoms with Gasteiger partial charge in [-0.3, -0.25) is 4.98 Å². The van der Waals surface area contributed by atoms with Crippen LogP contribution in [0.25, 0.3) is 11.4 Å². The van der Waals surface area contributed by atoms with Gasteiger partial charge in [0.2, 0.25) is 5.88 Å². The number of nitrogens with zero attached hydrogens (tertiary/aromatic N) is 3. The van der Waals surface area contributed by atoms with Crippen molar-refractivity contribution in [1.82, 2.24) is 15.2 Å². The number of pyridine rings is 1. The molecule has 0 fully saturated rings. The normalized spacial score (nSPS) is 11.0. The van der Waals surface area contributed by atoms with Gasteiger partial charge in [-0.2, -0.15) is 0 Å². The first-order valence-corrected chi connectivity index (χ1v) is 11.3. The number of unbranched alkanes of at least 4 members (excludes halogenated alkanes) is 6. The maximum absolute atomic E-state index is 5.67. The van der Waals surface area contributed by atoms with Crippen molar-refractivity contribution in [3.63, 3.8) is 0 Å². The first-order valence-electron chi connectivity index (χ1n) is 11.3. The van der Waals surface area contributed by atoms with E-state index >= 15 is 0 Å². The van der Waals surface area contributed by atoms with Crippen molar-refractivity contribution in [1.29, 1.82) is 0 Å². The van der Waals surface area contributed by atoms with Crippen LogP contribution in [0.5, 0.6) is 5.88 Å². The van der Waals surface area contributed by atoms with Crippen LogP contribution >= 0.6 is 0 Å². The fourth-order valence-corrected chi connectivity index (χ4v) is 3.02. The van der Waals surface area contributed by atoms with Crippen molar-refractivity contribution in [2.75, 3.05) is 19.8 Å². The lowest BCUT2D eigenvalue weighted by Crippen LogP contribution is -2.03. The number of hydrogen-bond donors (Lipinski definition) is 0. The molecule has 5 nitrogen and oxygen atoms in total. The minimum atomic E-state index is 0.560. The summed E-state index contributed by atoms with van der Waals surface area (Å²) in [7, 11) is 0. The van der Waals surface area contributed by atoms with Crippen LogP contribution in [-0.2, 0) is 11.2 Å². The van der Waals surface area contributed by atoms with E-state index in [0.717, 1.165) is 50.3 Å². The molecule has 0 saturated heterocycles. The molecule has 0 bridgehead atoms. The highest BCUT2D eigenvalue weighted by Gasteiger charge is 2.04. The minimum Gasteiger partial charge on any atom is -0.477 e. The summed E-state index contributed by atoms with van der Waals surface area (Å²) in [6.07, 6.45) is 13.8. The van der Waals surface area contributed by atoms with E-state index in [9.17, 15) is 0 Å². The number of aryl methyl sites for hydroxylation is 1. The van der Waals surface area contributed by atoms with E-state index < -0.39 is 0 Å². The van der Waals surface area contributed by atoms with Crippen molar-refractivity contribution >= 4 is 0 Å². The summed E-state index contributed by atoms with van der Waals surface area (Å²) in [5.74, 6) is 0.560. The molecule has 2 aromatic rings. The molecule has 0 aromatic carbocycles. The number of rotatable bonds is 16. The Morgan fingerprint density at radius 2 is 1.45 bits per heavy atom. The fraction of sp³-hybridized carbons (Fsp3) is 0.625. The van der Waals surface area contributed by atoms with Crippen molar-refractivity contribution < 1.29 is 9.47 Å². The molecule has 2 heterocycles. The van der Waals surface area contributed by atoms with Crippen LogP contribution in [0.2, 0.25) is 0 Å². The van der Waals surface area contributed by atoms with Crippen LogP contribution in [-0.4, -0.2) is 35.0 Å². The minimum absolute atomic E-state index is 0.560.